The molecule has 2 fully saturated rings. The maximum Gasteiger partial charge on any atom is 0.284 e. The van der Waals surface area contributed by atoms with E-state index < -0.39 is 5.91 Å². The lowest BCUT2D eigenvalue weighted by Gasteiger charge is -2.39. The molecule has 0 aliphatic heterocycles. The first-order valence-corrected chi connectivity index (χ1v) is 8.86. The lowest BCUT2D eigenvalue weighted by Crippen LogP contribution is -2.42. The van der Waals surface area contributed by atoms with E-state index in [0.29, 0.717) is 12.6 Å². The third kappa shape index (κ3) is 3.72. The summed E-state index contributed by atoms with van der Waals surface area (Å²) in [4.78, 5) is 11.1. The minimum absolute atomic E-state index is 0.254. The van der Waals surface area contributed by atoms with Crippen LogP contribution in [0.2, 0.25) is 0 Å². The standard InChI is InChI=1S/C18H28N2O2/c19-18(21)17-11-10-14(22-17)12-20-16-9-5-4-8-15(16)13-6-2-1-3-7-13/h10-11,13,15-16,20H,1-9,12H2,(H2,19,21). The van der Waals surface area contributed by atoms with Crippen molar-refractivity contribution >= 4 is 5.91 Å². The molecular formula is C18H28N2O2. The number of nitrogens with one attached hydrogen (secondary N) is 1. The van der Waals surface area contributed by atoms with Crippen LogP contribution in [0.4, 0.5) is 0 Å². The van der Waals surface area contributed by atoms with Crippen molar-refractivity contribution in [3.63, 3.8) is 0 Å². The normalized spacial score (nSPS) is 26.9. The molecule has 1 heterocycles. The number of carbonyl (C=O) groups is 1. The van der Waals surface area contributed by atoms with Crippen LogP contribution in [0, 0.1) is 11.8 Å². The number of rotatable bonds is 5. The smallest absolute Gasteiger partial charge is 0.284 e. The molecule has 2 unspecified atom stereocenters. The summed E-state index contributed by atoms with van der Waals surface area (Å²) in [5, 5.41) is 3.69. The van der Waals surface area contributed by atoms with E-state index in [2.05, 4.69) is 5.32 Å². The minimum Gasteiger partial charge on any atom is -0.455 e. The van der Waals surface area contributed by atoms with Crippen molar-refractivity contribution in [2.75, 3.05) is 0 Å². The molecule has 4 nitrogen and oxygen atoms in total. The minimum atomic E-state index is -0.496. The average molecular weight is 304 g/mol. The van der Waals surface area contributed by atoms with Gasteiger partial charge in [0.2, 0.25) is 0 Å². The van der Waals surface area contributed by atoms with Crippen LogP contribution in [0.3, 0.4) is 0 Å². The molecule has 22 heavy (non-hydrogen) atoms. The topological polar surface area (TPSA) is 68.3 Å². The number of primary amides is 1. The Morgan fingerprint density at radius 3 is 2.55 bits per heavy atom. The Morgan fingerprint density at radius 2 is 1.82 bits per heavy atom. The van der Waals surface area contributed by atoms with E-state index >= 15 is 0 Å². The monoisotopic (exact) mass is 304 g/mol. The van der Waals surface area contributed by atoms with Gasteiger partial charge in [0.05, 0.1) is 6.54 Å². The average Bonchev–Trinajstić information content (AvgIpc) is 3.03. The van der Waals surface area contributed by atoms with Crippen molar-refractivity contribution in [1.29, 1.82) is 0 Å². The van der Waals surface area contributed by atoms with Crippen molar-refractivity contribution < 1.29 is 9.21 Å². The van der Waals surface area contributed by atoms with Crippen molar-refractivity contribution in [1.82, 2.24) is 5.32 Å². The van der Waals surface area contributed by atoms with Crippen molar-refractivity contribution in [3.8, 4) is 0 Å². The van der Waals surface area contributed by atoms with Crippen LogP contribution in [-0.2, 0) is 6.54 Å². The van der Waals surface area contributed by atoms with Crippen molar-refractivity contribution in [2.45, 2.75) is 70.4 Å². The molecule has 4 heteroatoms. The zero-order valence-corrected chi connectivity index (χ0v) is 13.4. The van der Waals surface area contributed by atoms with Crippen LogP contribution in [-0.4, -0.2) is 11.9 Å². The molecule has 0 spiro atoms. The van der Waals surface area contributed by atoms with E-state index in [1.54, 1.807) is 6.07 Å². The number of nitrogens with two attached hydrogens (primary N) is 1. The van der Waals surface area contributed by atoms with Gasteiger partial charge in [0, 0.05) is 6.04 Å². The van der Waals surface area contributed by atoms with Gasteiger partial charge in [0.1, 0.15) is 5.76 Å². The number of furan rings is 1. The van der Waals surface area contributed by atoms with Gasteiger partial charge >= 0.3 is 0 Å². The molecule has 3 N–H and O–H groups in total. The van der Waals surface area contributed by atoms with Gasteiger partial charge < -0.3 is 15.5 Å². The van der Waals surface area contributed by atoms with Gasteiger partial charge in [-0.25, -0.2) is 0 Å². The third-order valence-corrected chi connectivity index (χ3v) is 5.52. The van der Waals surface area contributed by atoms with Gasteiger partial charge in [-0.05, 0) is 36.8 Å². The van der Waals surface area contributed by atoms with E-state index in [-0.39, 0.29) is 5.76 Å². The first kappa shape index (κ1) is 15.6. The number of amides is 1. The molecule has 122 valence electrons. The van der Waals surface area contributed by atoms with Crippen LogP contribution in [0.5, 0.6) is 0 Å². The number of hydrogen-bond donors (Lipinski definition) is 2. The predicted octanol–water partition coefficient (Wildman–Crippen LogP) is 3.61. The molecule has 0 radical (unpaired) electrons. The molecular weight excluding hydrogens is 276 g/mol. The summed E-state index contributed by atoms with van der Waals surface area (Å²) >= 11 is 0. The zero-order valence-electron chi connectivity index (χ0n) is 13.4. The van der Waals surface area contributed by atoms with Gasteiger partial charge in [-0.3, -0.25) is 4.79 Å². The Bertz CT molecular complexity index is 491. The summed E-state index contributed by atoms with van der Waals surface area (Å²) in [6.45, 7) is 0.696. The molecule has 0 bridgehead atoms. The first-order chi connectivity index (χ1) is 10.7. The van der Waals surface area contributed by atoms with Crippen LogP contribution in [0.1, 0.15) is 74.1 Å². The summed E-state index contributed by atoms with van der Waals surface area (Å²) in [5.41, 5.74) is 5.23. The van der Waals surface area contributed by atoms with Crippen molar-refractivity contribution in [2.24, 2.45) is 17.6 Å². The second-order valence-electron chi connectivity index (χ2n) is 6.96. The molecule has 1 amide bonds. The summed E-state index contributed by atoms with van der Waals surface area (Å²) in [6.07, 6.45) is 12.4. The summed E-state index contributed by atoms with van der Waals surface area (Å²) < 4.78 is 5.48. The molecule has 2 atom stereocenters. The van der Waals surface area contributed by atoms with E-state index in [4.69, 9.17) is 10.2 Å². The summed E-state index contributed by atoms with van der Waals surface area (Å²) in [7, 11) is 0. The fourth-order valence-corrected chi connectivity index (χ4v) is 4.38. The van der Waals surface area contributed by atoms with E-state index in [9.17, 15) is 4.79 Å². The molecule has 3 rings (SSSR count). The summed E-state index contributed by atoms with van der Waals surface area (Å²) in [6, 6.07) is 4.11. The first-order valence-electron chi connectivity index (χ1n) is 8.86. The van der Waals surface area contributed by atoms with E-state index in [1.165, 1.54) is 57.8 Å². The lowest BCUT2D eigenvalue weighted by molar-refractivity contribution is 0.0971. The fourth-order valence-electron chi connectivity index (χ4n) is 4.38. The quantitative estimate of drug-likeness (QED) is 0.873. The highest BCUT2D eigenvalue weighted by atomic mass is 16.3. The summed E-state index contributed by atoms with van der Waals surface area (Å²) in [5.74, 6) is 2.29. The van der Waals surface area contributed by atoms with Crippen molar-refractivity contribution in [3.05, 3.63) is 23.7 Å². The van der Waals surface area contributed by atoms with Gasteiger partial charge in [0.15, 0.2) is 5.76 Å². The van der Waals surface area contributed by atoms with Gasteiger partial charge in [0.25, 0.3) is 5.91 Å². The van der Waals surface area contributed by atoms with E-state index in [0.717, 1.165) is 17.6 Å². The van der Waals surface area contributed by atoms with Crippen LogP contribution >= 0.6 is 0 Å². The molecule has 1 aromatic heterocycles. The van der Waals surface area contributed by atoms with E-state index in [1.807, 2.05) is 6.07 Å². The van der Waals surface area contributed by atoms with Gasteiger partial charge in [-0.1, -0.05) is 44.9 Å². The molecule has 2 aliphatic carbocycles. The Kier molecular flexibility index (Phi) is 5.19. The van der Waals surface area contributed by atoms with Crippen LogP contribution < -0.4 is 11.1 Å². The predicted molar refractivity (Wildman–Crippen MR) is 86.4 cm³/mol. The van der Waals surface area contributed by atoms with Gasteiger partial charge in [-0.15, -0.1) is 0 Å². The third-order valence-electron chi connectivity index (χ3n) is 5.52. The molecule has 2 saturated carbocycles. The highest BCUT2D eigenvalue weighted by Gasteiger charge is 2.32. The molecule has 2 aliphatic rings. The Hall–Kier alpha value is -1.29. The highest BCUT2D eigenvalue weighted by Crippen LogP contribution is 2.38. The fraction of sp³-hybridized carbons (Fsp3) is 0.722. The largest absolute Gasteiger partial charge is 0.455 e. The lowest BCUT2D eigenvalue weighted by atomic mass is 9.71. The number of carbonyl (C=O) groups excluding carboxylic acids is 1. The Labute approximate surface area is 132 Å². The zero-order chi connectivity index (χ0) is 15.4. The van der Waals surface area contributed by atoms with Gasteiger partial charge in [-0.2, -0.15) is 0 Å². The van der Waals surface area contributed by atoms with Crippen LogP contribution in [0.25, 0.3) is 0 Å². The SMILES string of the molecule is NC(=O)c1ccc(CNC2CCCCC2C2CCCCC2)o1. The second-order valence-corrected chi connectivity index (χ2v) is 6.96. The Balaban J connectivity index is 1.57. The molecule has 0 saturated heterocycles. The molecule has 1 aromatic rings. The Morgan fingerprint density at radius 1 is 1.09 bits per heavy atom. The molecule has 0 aromatic carbocycles. The highest BCUT2D eigenvalue weighted by molar-refractivity contribution is 5.89. The second kappa shape index (κ2) is 7.32. The van der Waals surface area contributed by atoms with Crippen LogP contribution in [0.15, 0.2) is 16.5 Å². The maximum absolute atomic E-state index is 11.1. The number of hydrogen-bond acceptors (Lipinski definition) is 3. The maximum atomic E-state index is 11.1.